The summed E-state index contributed by atoms with van der Waals surface area (Å²) in [6.07, 6.45) is 2.44. The highest BCUT2D eigenvalue weighted by Gasteiger charge is 2.21. The molecule has 0 radical (unpaired) electrons. The normalized spacial score (nSPS) is 12.3. The molecule has 19 heavy (non-hydrogen) atoms. The van der Waals surface area contributed by atoms with Gasteiger partial charge in [0, 0.05) is 26.3 Å². The molecule has 0 atom stereocenters. The SMILES string of the molecule is CNCc1ccc(S(=O)(=O)N(C)CCC(C)C)nc1. The maximum Gasteiger partial charge on any atom is 0.260 e. The third kappa shape index (κ3) is 4.56. The minimum Gasteiger partial charge on any atom is -0.316 e. The lowest BCUT2D eigenvalue weighted by molar-refractivity contribution is 0.426. The minimum absolute atomic E-state index is 0.110. The first-order chi connectivity index (χ1) is 8.87. The summed E-state index contributed by atoms with van der Waals surface area (Å²) in [6.45, 7) is 5.34. The van der Waals surface area contributed by atoms with Gasteiger partial charge in [0.05, 0.1) is 0 Å². The molecule has 6 heteroatoms. The predicted molar refractivity (Wildman–Crippen MR) is 76.3 cm³/mol. The molecule has 0 saturated heterocycles. The Bertz CT molecular complexity index is 483. The van der Waals surface area contributed by atoms with Crippen LogP contribution in [0.15, 0.2) is 23.4 Å². The zero-order valence-corrected chi connectivity index (χ0v) is 12.9. The smallest absolute Gasteiger partial charge is 0.260 e. The van der Waals surface area contributed by atoms with Crippen molar-refractivity contribution in [2.75, 3.05) is 20.6 Å². The van der Waals surface area contributed by atoms with E-state index in [0.29, 0.717) is 19.0 Å². The topological polar surface area (TPSA) is 62.3 Å². The van der Waals surface area contributed by atoms with Gasteiger partial charge in [-0.05, 0) is 31.0 Å². The molecule has 0 aromatic carbocycles. The summed E-state index contributed by atoms with van der Waals surface area (Å²) in [5.74, 6) is 0.476. The van der Waals surface area contributed by atoms with Crippen molar-refractivity contribution in [1.29, 1.82) is 0 Å². The van der Waals surface area contributed by atoms with E-state index < -0.39 is 10.0 Å². The lowest BCUT2D eigenvalue weighted by Crippen LogP contribution is -2.29. The summed E-state index contributed by atoms with van der Waals surface area (Å²) in [4.78, 5) is 4.05. The third-order valence-corrected chi connectivity index (χ3v) is 4.65. The Kier molecular flexibility index (Phi) is 5.90. The van der Waals surface area contributed by atoms with Gasteiger partial charge < -0.3 is 5.32 Å². The standard InChI is InChI=1S/C13H23N3O2S/c1-11(2)7-8-16(4)19(17,18)13-6-5-12(9-14-3)10-15-13/h5-6,10-11,14H,7-9H2,1-4H3. The van der Waals surface area contributed by atoms with E-state index >= 15 is 0 Å². The van der Waals surface area contributed by atoms with E-state index in [4.69, 9.17) is 0 Å². The zero-order valence-electron chi connectivity index (χ0n) is 12.0. The van der Waals surface area contributed by atoms with E-state index in [0.717, 1.165) is 12.0 Å². The van der Waals surface area contributed by atoms with Gasteiger partial charge in [-0.15, -0.1) is 0 Å². The Labute approximate surface area is 116 Å². The van der Waals surface area contributed by atoms with E-state index in [1.807, 2.05) is 7.05 Å². The molecular weight excluding hydrogens is 262 g/mol. The average molecular weight is 285 g/mol. The van der Waals surface area contributed by atoms with Crippen molar-refractivity contribution in [3.8, 4) is 0 Å². The Morgan fingerprint density at radius 2 is 2.05 bits per heavy atom. The molecule has 0 aliphatic heterocycles. The van der Waals surface area contributed by atoms with Gasteiger partial charge in [-0.2, -0.15) is 4.31 Å². The highest BCUT2D eigenvalue weighted by atomic mass is 32.2. The Morgan fingerprint density at radius 3 is 2.53 bits per heavy atom. The molecule has 0 spiro atoms. The Balaban J connectivity index is 2.81. The highest BCUT2D eigenvalue weighted by molar-refractivity contribution is 7.89. The summed E-state index contributed by atoms with van der Waals surface area (Å²) in [5.41, 5.74) is 0.964. The Morgan fingerprint density at radius 1 is 1.37 bits per heavy atom. The van der Waals surface area contributed by atoms with Gasteiger partial charge in [-0.1, -0.05) is 19.9 Å². The van der Waals surface area contributed by atoms with Crippen LogP contribution in [0.25, 0.3) is 0 Å². The first-order valence-corrected chi connectivity index (χ1v) is 7.87. The average Bonchev–Trinajstić information content (AvgIpc) is 2.36. The molecule has 0 fully saturated rings. The summed E-state index contributed by atoms with van der Waals surface area (Å²) in [6, 6.07) is 3.35. The second kappa shape index (κ2) is 6.98. The van der Waals surface area contributed by atoms with Crippen LogP contribution in [0, 0.1) is 5.92 Å². The maximum absolute atomic E-state index is 12.3. The van der Waals surface area contributed by atoms with Gasteiger partial charge in [-0.25, -0.2) is 13.4 Å². The van der Waals surface area contributed by atoms with Gasteiger partial charge >= 0.3 is 0 Å². The van der Waals surface area contributed by atoms with Crippen LogP contribution in [0.4, 0.5) is 0 Å². The van der Waals surface area contributed by atoms with Crippen LogP contribution in [0.5, 0.6) is 0 Å². The van der Waals surface area contributed by atoms with E-state index in [9.17, 15) is 8.42 Å². The molecule has 0 saturated carbocycles. The fourth-order valence-corrected chi connectivity index (χ4v) is 2.68. The molecule has 1 rings (SSSR count). The minimum atomic E-state index is -3.46. The molecule has 5 nitrogen and oxygen atoms in total. The lowest BCUT2D eigenvalue weighted by atomic mass is 10.1. The summed E-state index contributed by atoms with van der Waals surface area (Å²) in [5, 5.41) is 3.11. The van der Waals surface area contributed by atoms with Crippen molar-refractivity contribution in [3.05, 3.63) is 23.9 Å². The number of aromatic nitrogens is 1. The van der Waals surface area contributed by atoms with Gasteiger partial charge in [0.1, 0.15) is 0 Å². The van der Waals surface area contributed by atoms with Crippen molar-refractivity contribution in [2.45, 2.75) is 31.8 Å². The van der Waals surface area contributed by atoms with Crippen molar-refractivity contribution >= 4 is 10.0 Å². The quantitative estimate of drug-likeness (QED) is 0.824. The summed E-state index contributed by atoms with van der Waals surface area (Å²) < 4.78 is 25.9. The molecule has 1 heterocycles. The number of hydrogen-bond acceptors (Lipinski definition) is 4. The second-order valence-electron chi connectivity index (χ2n) is 5.04. The van der Waals surface area contributed by atoms with Gasteiger partial charge in [0.25, 0.3) is 10.0 Å². The molecule has 0 amide bonds. The van der Waals surface area contributed by atoms with Crippen LogP contribution in [-0.2, 0) is 16.6 Å². The van der Waals surface area contributed by atoms with Crippen LogP contribution in [-0.4, -0.2) is 38.3 Å². The van der Waals surface area contributed by atoms with E-state index in [2.05, 4.69) is 24.1 Å². The van der Waals surface area contributed by atoms with Gasteiger partial charge in [0.15, 0.2) is 5.03 Å². The molecule has 1 aromatic rings. The van der Waals surface area contributed by atoms with Gasteiger partial charge in [-0.3, -0.25) is 0 Å². The largest absolute Gasteiger partial charge is 0.316 e. The number of nitrogens with zero attached hydrogens (tertiary/aromatic N) is 2. The molecule has 1 N–H and O–H groups in total. The fraction of sp³-hybridized carbons (Fsp3) is 0.615. The van der Waals surface area contributed by atoms with Crippen molar-refractivity contribution < 1.29 is 8.42 Å². The van der Waals surface area contributed by atoms with Crippen LogP contribution < -0.4 is 5.32 Å². The lowest BCUT2D eigenvalue weighted by Gasteiger charge is -2.17. The van der Waals surface area contributed by atoms with Crippen molar-refractivity contribution in [1.82, 2.24) is 14.6 Å². The van der Waals surface area contributed by atoms with E-state index in [1.165, 1.54) is 4.31 Å². The molecule has 1 aromatic heterocycles. The number of hydrogen-bond donors (Lipinski definition) is 1. The number of pyridine rings is 1. The number of rotatable bonds is 7. The third-order valence-electron chi connectivity index (χ3n) is 2.87. The highest BCUT2D eigenvalue weighted by Crippen LogP contribution is 2.13. The van der Waals surface area contributed by atoms with E-state index in [1.54, 1.807) is 25.4 Å². The van der Waals surface area contributed by atoms with Crippen LogP contribution in [0.1, 0.15) is 25.8 Å². The molecule has 108 valence electrons. The fourth-order valence-electron chi connectivity index (χ4n) is 1.59. The van der Waals surface area contributed by atoms with Crippen molar-refractivity contribution in [3.63, 3.8) is 0 Å². The molecular formula is C13H23N3O2S. The molecule has 0 aliphatic carbocycles. The monoisotopic (exact) mass is 285 g/mol. The molecule has 0 unspecified atom stereocenters. The Hall–Kier alpha value is -0.980. The van der Waals surface area contributed by atoms with Gasteiger partial charge in [0.2, 0.25) is 0 Å². The first kappa shape index (κ1) is 16.1. The number of sulfonamides is 1. The second-order valence-corrected chi connectivity index (χ2v) is 7.04. The van der Waals surface area contributed by atoms with Crippen LogP contribution in [0.3, 0.4) is 0 Å². The summed E-state index contributed by atoms with van der Waals surface area (Å²) in [7, 11) is -0.0288. The maximum atomic E-state index is 12.3. The van der Waals surface area contributed by atoms with Crippen LogP contribution >= 0.6 is 0 Å². The molecule has 0 bridgehead atoms. The van der Waals surface area contributed by atoms with Crippen molar-refractivity contribution in [2.24, 2.45) is 5.92 Å². The number of nitrogens with one attached hydrogen (secondary N) is 1. The zero-order chi connectivity index (χ0) is 14.5. The van der Waals surface area contributed by atoms with E-state index in [-0.39, 0.29) is 5.03 Å². The predicted octanol–water partition coefficient (Wildman–Crippen LogP) is 1.47. The first-order valence-electron chi connectivity index (χ1n) is 6.43. The molecule has 0 aliphatic rings. The van der Waals surface area contributed by atoms with Crippen LogP contribution in [0.2, 0.25) is 0 Å². The summed E-state index contributed by atoms with van der Waals surface area (Å²) >= 11 is 0.